The average molecular weight is 206 g/mol. The van der Waals surface area contributed by atoms with E-state index in [2.05, 4.69) is 22.9 Å². The standard InChI is InChI=1S/C12H12ClN/c13-11-3-4-12-10(7-11)5-6-14(12)8-9-1-2-9/h3-7,9H,1-2,8H2. The normalized spacial score (nSPS) is 16.4. The van der Waals surface area contributed by atoms with E-state index < -0.39 is 0 Å². The molecule has 0 spiro atoms. The molecule has 0 unspecified atom stereocenters. The van der Waals surface area contributed by atoms with E-state index >= 15 is 0 Å². The molecule has 72 valence electrons. The largest absolute Gasteiger partial charge is 0.347 e. The van der Waals surface area contributed by atoms with Gasteiger partial charge >= 0.3 is 0 Å². The molecule has 1 aromatic carbocycles. The molecule has 0 amide bonds. The molecule has 1 aliphatic carbocycles. The van der Waals surface area contributed by atoms with Gasteiger partial charge in [-0.05, 0) is 43.0 Å². The Morgan fingerprint density at radius 3 is 2.93 bits per heavy atom. The number of fused-ring (bicyclic) bond motifs is 1. The SMILES string of the molecule is Clc1ccc2c(ccn2CC2CC2)c1. The molecule has 2 heteroatoms. The highest BCUT2D eigenvalue weighted by Crippen LogP contribution is 2.32. The Labute approximate surface area is 88.3 Å². The number of rotatable bonds is 2. The first-order chi connectivity index (χ1) is 6.83. The smallest absolute Gasteiger partial charge is 0.0481 e. The molecule has 0 saturated heterocycles. The summed E-state index contributed by atoms with van der Waals surface area (Å²) in [6, 6.07) is 8.25. The minimum Gasteiger partial charge on any atom is -0.347 e. The highest BCUT2D eigenvalue weighted by Gasteiger charge is 2.21. The lowest BCUT2D eigenvalue weighted by Crippen LogP contribution is -1.96. The van der Waals surface area contributed by atoms with Crippen LogP contribution in [0.3, 0.4) is 0 Å². The van der Waals surface area contributed by atoms with Crippen molar-refractivity contribution in [2.24, 2.45) is 5.92 Å². The van der Waals surface area contributed by atoms with E-state index in [9.17, 15) is 0 Å². The first-order valence-electron chi connectivity index (χ1n) is 5.07. The van der Waals surface area contributed by atoms with E-state index in [1.807, 2.05) is 12.1 Å². The van der Waals surface area contributed by atoms with Gasteiger partial charge in [0.05, 0.1) is 0 Å². The summed E-state index contributed by atoms with van der Waals surface area (Å²) in [5.74, 6) is 0.918. The Morgan fingerprint density at radius 1 is 1.29 bits per heavy atom. The molecule has 1 nitrogen and oxygen atoms in total. The maximum Gasteiger partial charge on any atom is 0.0481 e. The highest BCUT2D eigenvalue weighted by atomic mass is 35.5. The third-order valence-corrected chi connectivity index (χ3v) is 3.12. The Bertz CT molecular complexity index is 468. The molecule has 3 rings (SSSR count). The van der Waals surface area contributed by atoms with Crippen LogP contribution in [0.4, 0.5) is 0 Å². The van der Waals surface area contributed by atoms with Crippen LogP contribution in [-0.4, -0.2) is 4.57 Å². The number of aromatic nitrogens is 1. The van der Waals surface area contributed by atoms with Gasteiger partial charge in [-0.3, -0.25) is 0 Å². The molecule has 0 aliphatic heterocycles. The highest BCUT2D eigenvalue weighted by molar-refractivity contribution is 6.31. The van der Waals surface area contributed by atoms with Gasteiger partial charge in [-0.2, -0.15) is 0 Å². The van der Waals surface area contributed by atoms with Gasteiger partial charge in [0, 0.05) is 28.7 Å². The Balaban J connectivity index is 2.06. The van der Waals surface area contributed by atoms with Gasteiger partial charge in [0.1, 0.15) is 0 Å². The summed E-state index contributed by atoms with van der Waals surface area (Å²) in [5, 5.41) is 2.07. The fraction of sp³-hybridized carbons (Fsp3) is 0.333. The number of hydrogen-bond acceptors (Lipinski definition) is 0. The second-order valence-electron chi connectivity index (χ2n) is 4.11. The van der Waals surface area contributed by atoms with E-state index in [1.54, 1.807) is 0 Å². The molecule has 1 fully saturated rings. The fourth-order valence-corrected chi connectivity index (χ4v) is 2.09. The maximum absolute atomic E-state index is 5.94. The van der Waals surface area contributed by atoms with Crippen LogP contribution in [0.25, 0.3) is 10.9 Å². The third-order valence-electron chi connectivity index (χ3n) is 2.88. The molecule has 0 bridgehead atoms. The molecule has 0 N–H and O–H groups in total. The Hall–Kier alpha value is -0.950. The van der Waals surface area contributed by atoms with Crippen LogP contribution in [0.15, 0.2) is 30.5 Å². The molecule has 2 aromatic rings. The van der Waals surface area contributed by atoms with Gasteiger partial charge in [-0.15, -0.1) is 0 Å². The van der Waals surface area contributed by atoms with Crippen LogP contribution in [0.2, 0.25) is 5.02 Å². The van der Waals surface area contributed by atoms with Crippen LogP contribution < -0.4 is 0 Å². The van der Waals surface area contributed by atoms with Crippen molar-refractivity contribution in [2.45, 2.75) is 19.4 Å². The van der Waals surface area contributed by atoms with Crippen molar-refractivity contribution in [3.63, 3.8) is 0 Å². The summed E-state index contributed by atoms with van der Waals surface area (Å²) in [6.45, 7) is 1.17. The first-order valence-corrected chi connectivity index (χ1v) is 5.45. The molecule has 1 heterocycles. The van der Waals surface area contributed by atoms with Gasteiger partial charge in [0.25, 0.3) is 0 Å². The van der Waals surface area contributed by atoms with Gasteiger partial charge in [-0.25, -0.2) is 0 Å². The monoisotopic (exact) mass is 205 g/mol. The van der Waals surface area contributed by atoms with Crippen molar-refractivity contribution in [3.8, 4) is 0 Å². The van der Waals surface area contributed by atoms with Crippen LogP contribution in [0.1, 0.15) is 12.8 Å². The van der Waals surface area contributed by atoms with Gasteiger partial charge in [0.15, 0.2) is 0 Å². The summed E-state index contributed by atoms with van der Waals surface area (Å²) in [7, 11) is 0. The summed E-state index contributed by atoms with van der Waals surface area (Å²) in [5.41, 5.74) is 1.31. The minimum absolute atomic E-state index is 0.821. The number of nitrogens with zero attached hydrogens (tertiary/aromatic N) is 1. The first kappa shape index (κ1) is 8.37. The van der Waals surface area contributed by atoms with Crippen molar-refractivity contribution in [3.05, 3.63) is 35.5 Å². The van der Waals surface area contributed by atoms with Crippen LogP contribution in [-0.2, 0) is 6.54 Å². The van der Waals surface area contributed by atoms with E-state index in [0.717, 1.165) is 10.9 Å². The van der Waals surface area contributed by atoms with Crippen molar-refractivity contribution in [1.82, 2.24) is 4.57 Å². The van der Waals surface area contributed by atoms with E-state index in [1.165, 1.54) is 30.3 Å². The topological polar surface area (TPSA) is 4.93 Å². The van der Waals surface area contributed by atoms with Gasteiger partial charge in [-0.1, -0.05) is 11.6 Å². The van der Waals surface area contributed by atoms with E-state index in [0.29, 0.717) is 0 Å². The second kappa shape index (κ2) is 3.03. The van der Waals surface area contributed by atoms with Crippen molar-refractivity contribution >= 4 is 22.5 Å². The number of halogens is 1. The summed E-state index contributed by atoms with van der Waals surface area (Å²) in [4.78, 5) is 0. The molecule has 1 saturated carbocycles. The molecular formula is C12H12ClN. The zero-order valence-electron chi connectivity index (χ0n) is 7.91. The molecule has 0 atom stereocenters. The van der Waals surface area contributed by atoms with E-state index in [4.69, 9.17) is 11.6 Å². The molecule has 1 aromatic heterocycles. The molecule has 1 aliphatic rings. The summed E-state index contributed by atoms with van der Waals surface area (Å²) >= 11 is 5.94. The van der Waals surface area contributed by atoms with E-state index in [-0.39, 0.29) is 0 Å². The Kier molecular flexibility index (Phi) is 1.81. The summed E-state index contributed by atoms with van der Waals surface area (Å²) < 4.78 is 2.34. The zero-order valence-corrected chi connectivity index (χ0v) is 8.67. The fourth-order valence-electron chi connectivity index (χ4n) is 1.91. The second-order valence-corrected chi connectivity index (χ2v) is 4.55. The third kappa shape index (κ3) is 1.42. The van der Waals surface area contributed by atoms with Crippen molar-refractivity contribution in [2.75, 3.05) is 0 Å². The van der Waals surface area contributed by atoms with Crippen LogP contribution >= 0.6 is 11.6 Å². The van der Waals surface area contributed by atoms with Gasteiger partial charge < -0.3 is 4.57 Å². The summed E-state index contributed by atoms with van der Waals surface area (Å²) in [6.07, 6.45) is 4.96. The molecular weight excluding hydrogens is 194 g/mol. The van der Waals surface area contributed by atoms with Crippen LogP contribution in [0, 0.1) is 5.92 Å². The quantitative estimate of drug-likeness (QED) is 0.705. The lowest BCUT2D eigenvalue weighted by atomic mass is 10.2. The lowest BCUT2D eigenvalue weighted by Gasteiger charge is -2.03. The number of benzene rings is 1. The Morgan fingerprint density at radius 2 is 2.14 bits per heavy atom. The van der Waals surface area contributed by atoms with Gasteiger partial charge in [0.2, 0.25) is 0 Å². The predicted molar refractivity (Wildman–Crippen MR) is 59.7 cm³/mol. The molecule has 0 radical (unpaired) electrons. The average Bonchev–Trinajstić information content (AvgIpc) is 2.89. The lowest BCUT2D eigenvalue weighted by molar-refractivity contribution is 0.647. The zero-order chi connectivity index (χ0) is 9.54. The predicted octanol–water partition coefficient (Wildman–Crippen LogP) is 3.70. The minimum atomic E-state index is 0.821. The van der Waals surface area contributed by atoms with Crippen LogP contribution in [0.5, 0.6) is 0 Å². The maximum atomic E-state index is 5.94. The van der Waals surface area contributed by atoms with Crippen molar-refractivity contribution in [1.29, 1.82) is 0 Å². The van der Waals surface area contributed by atoms with Crippen molar-refractivity contribution < 1.29 is 0 Å². The molecule has 14 heavy (non-hydrogen) atoms. The number of hydrogen-bond donors (Lipinski definition) is 0.